The summed E-state index contributed by atoms with van der Waals surface area (Å²) in [6, 6.07) is 0.704. The standard InChI is InChI=1S/C17H33N3O/c1-14(2)12-15(13-18)17(21)20-10-6-16(7-11-20)19-8-4-3-5-9-19/h14-16H,3-13,18H2,1-2H3. The van der Waals surface area contributed by atoms with Crippen LogP contribution in [0, 0.1) is 11.8 Å². The zero-order valence-corrected chi connectivity index (χ0v) is 13.9. The fourth-order valence-electron chi connectivity index (χ4n) is 3.86. The number of rotatable bonds is 5. The molecule has 2 saturated heterocycles. The number of carbonyl (C=O) groups is 1. The fourth-order valence-corrected chi connectivity index (χ4v) is 3.86. The lowest BCUT2D eigenvalue weighted by Gasteiger charge is -2.41. The SMILES string of the molecule is CC(C)CC(CN)C(=O)N1CCC(N2CCCCC2)CC1. The van der Waals surface area contributed by atoms with Gasteiger partial charge in [0.15, 0.2) is 0 Å². The van der Waals surface area contributed by atoms with Gasteiger partial charge in [-0.3, -0.25) is 4.79 Å². The maximum atomic E-state index is 12.6. The van der Waals surface area contributed by atoms with Crippen LogP contribution in [0.4, 0.5) is 0 Å². The van der Waals surface area contributed by atoms with Crippen LogP contribution in [0.25, 0.3) is 0 Å². The van der Waals surface area contributed by atoms with Crippen molar-refractivity contribution < 1.29 is 4.79 Å². The first-order valence-electron chi connectivity index (χ1n) is 8.84. The zero-order chi connectivity index (χ0) is 15.2. The van der Waals surface area contributed by atoms with E-state index in [2.05, 4.69) is 23.6 Å². The molecule has 2 aliphatic rings. The van der Waals surface area contributed by atoms with E-state index >= 15 is 0 Å². The maximum absolute atomic E-state index is 12.6. The second-order valence-corrected chi connectivity index (χ2v) is 7.22. The molecule has 0 radical (unpaired) electrons. The lowest BCUT2D eigenvalue weighted by molar-refractivity contribution is -0.137. The Morgan fingerprint density at radius 2 is 1.71 bits per heavy atom. The summed E-state index contributed by atoms with van der Waals surface area (Å²) in [6.07, 6.45) is 7.30. The van der Waals surface area contributed by atoms with E-state index in [4.69, 9.17) is 5.73 Å². The van der Waals surface area contributed by atoms with Crippen molar-refractivity contribution in [3.05, 3.63) is 0 Å². The van der Waals surface area contributed by atoms with Crippen LogP contribution in [-0.2, 0) is 4.79 Å². The summed E-state index contributed by atoms with van der Waals surface area (Å²) in [7, 11) is 0. The highest BCUT2D eigenvalue weighted by atomic mass is 16.2. The summed E-state index contributed by atoms with van der Waals surface area (Å²) < 4.78 is 0. The third-order valence-corrected chi connectivity index (χ3v) is 5.07. The fraction of sp³-hybridized carbons (Fsp3) is 0.941. The quantitative estimate of drug-likeness (QED) is 0.845. The van der Waals surface area contributed by atoms with Crippen molar-refractivity contribution in [2.45, 2.75) is 58.4 Å². The molecule has 2 fully saturated rings. The van der Waals surface area contributed by atoms with Crippen molar-refractivity contribution in [2.75, 3.05) is 32.7 Å². The van der Waals surface area contributed by atoms with Gasteiger partial charge in [0.25, 0.3) is 0 Å². The first kappa shape index (κ1) is 16.8. The van der Waals surface area contributed by atoms with Crippen LogP contribution in [-0.4, -0.2) is 54.5 Å². The van der Waals surface area contributed by atoms with Crippen molar-refractivity contribution in [1.29, 1.82) is 0 Å². The van der Waals surface area contributed by atoms with Gasteiger partial charge in [0.05, 0.1) is 5.92 Å². The molecule has 2 heterocycles. The van der Waals surface area contributed by atoms with Gasteiger partial charge in [-0.05, 0) is 51.1 Å². The van der Waals surface area contributed by atoms with Gasteiger partial charge >= 0.3 is 0 Å². The molecule has 0 aliphatic carbocycles. The molecule has 1 atom stereocenters. The van der Waals surface area contributed by atoms with Crippen LogP contribution >= 0.6 is 0 Å². The molecule has 1 unspecified atom stereocenters. The molecule has 0 aromatic heterocycles. The first-order valence-corrected chi connectivity index (χ1v) is 8.84. The smallest absolute Gasteiger partial charge is 0.226 e. The van der Waals surface area contributed by atoms with E-state index in [1.165, 1.54) is 32.4 Å². The van der Waals surface area contributed by atoms with Crippen molar-refractivity contribution in [3.8, 4) is 0 Å². The summed E-state index contributed by atoms with van der Waals surface area (Å²) in [5.74, 6) is 0.855. The topological polar surface area (TPSA) is 49.6 Å². The minimum absolute atomic E-state index is 0.0246. The number of piperidine rings is 2. The van der Waals surface area contributed by atoms with Crippen LogP contribution in [0.5, 0.6) is 0 Å². The number of hydrogen-bond acceptors (Lipinski definition) is 3. The molecule has 0 aromatic carbocycles. The van der Waals surface area contributed by atoms with Gasteiger partial charge in [0.1, 0.15) is 0 Å². The third-order valence-electron chi connectivity index (χ3n) is 5.07. The molecule has 1 amide bonds. The average molecular weight is 295 g/mol. The molecule has 122 valence electrons. The molecule has 4 nitrogen and oxygen atoms in total. The zero-order valence-electron chi connectivity index (χ0n) is 13.9. The predicted octanol–water partition coefficient (Wildman–Crippen LogP) is 2.08. The Bertz CT molecular complexity index is 318. The van der Waals surface area contributed by atoms with Gasteiger partial charge in [-0.15, -0.1) is 0 Å². The van der Waals surface area contributed by atoms with Crippen LogP contribution in [0.3, 0.4) is 0 Å². The van der Waals surface area contributed by atoms with Gasteiger partial charge in [-0.2, -0.15) is 0 Å². The number of nitrogens with two attached hydrogens (primary N) is 1. The summed E-state index contributed by atoms with van der Waals surface area (Å²) in [6.45, 7) is 9.19. The number of amides is 1. The van der Waals surface area contributed by atoms with Gasteiger partial charge < -0.3 is 15.5 Å². The summed E-state index contributed by atoms with van der Waals surface area (Å²) in [4.78, 5) is 17.3. The number of hydrogen-bond donors (Lipinski definition) is 1. The minimum atomic E-state index is 0.0246. The molecule has 2 aliphatic heterocycles. The van der Waals surface area contributed by atoms with Crippen molar-refractivity contribution in [3.63, 3.8) is 0 Å². The molecule has 0 bridgehead atoms. The Kier molecular flexibility index (Phi) is 6.49. The highest BCUT2D eigenvalue weighted by Gasteiger charge is 2.30. The Hall–Kier alpha value is -0.610. The monoisotopic (exact) mass is 295 g/mol. The Morgan fingerprint density at radius 1 is 1.10 bits per heavy atom. The number of nitrogens with zero attached hydrogens (tertiary/aromatic N) is 2. The van der Waals surface area contributed by atoms with E-state index in [9.17, 15) is 4.79 Å². The molecule has 21 heavy (non-hydrogen) atoms. The molecule has 0 spiro atoms. The van der Waals surface area contributed by atoms with Gasteiger partial charge in [-0.25, -0.2) is 0 Å². The Balaban J connectivity index is 1.80. The van der Waals surface area contributed by atoms with Crippen molar-refractivity contribution in [1.82, 2.24) is 9.80 Å². The van der Waals surface area contributed by atoms with Crippen LogP contribution in [0.15, 0.2) is 0 Å². The van der Waals surface area contributed by atoms with E-state index in [1.54, 1.807) is 0 Å². The molecular formula is C17H33N3O. The van der Waals surface area contributed by atoms with Crippen LogP contribution in [0.1, 0.15) is 52.4 Å². The first-order chi connectivity index (χ1) is 10.1. The van der Waals surface area contributed by atoms with E-state index in [0.29, 0.717) is 24.4 Å². The summed E-state index contributed by atoms with van der Waals surface area (Å²) in [5.41, 5.74) is 5.82. The lowest BCUT2D eigenvalue weighted by atomic mass is 9.94. The molecule has 2 N–H and O–H groups in total. The normalized spacial score (nSPS) is 23.5. The van der Waals surface area contributed by atoms with Gasteiger partial charge in [0.2, 0.25) is 5.91 Å². The van der Waals surface area contributed by atoms with Crippen LogP contribution in [0.2, 0.25) is 0 Å². The van der Waals surface area contributed by atoms with E-state index in [0.717, 1.165) is 32.4 Å². The second-order valence-electron chi connectivity index (χ2n) is 7.22. The van der Waals surface area contributed by atoms with Gasteiger partial charge in [0, 0.05) is 25.7 Å². The van der Waals surface area contributed by atoms with E-state index < -0.39 is 0 Å². The van der Waals surface area contributed by atoms with Gasteiger partial charge in [-0.1, -0.05) is 20.3 Å². The number of likely N-dealkylation sites (tertiary alicyclic amines) is 2. The third kappa shape index (κ3) is 4.68. The molecule has 4 heteroatoms. The Labute approximate surface area is 130 Å². The second kappa shape index (κ2) is 8.14. The van der Waals surface area contributed by atoms with Crippen molar-refractivity contribution in [2.24, 2.45) is 17.6 Å². The molecule has 2 rings (SSSR count). The van der Waals surface area contributed by atoms with Crippen LogP contribution < -0.4 is 5.73 Å². The average Bonchev–Trinajstić information content (AvgIpc) is 2.53. The van der Waals surface area contributed by atoms with E-state index in [-0.39, 0.29) is 5.92 Å². The molecular weight excluding hydrogens is 262 g/mol. The Morgan fingerprint density at radius 3 is 2.24 bits per heavy atom. The highest BCUT2D eigenvalue weighted by Crippen LogP contribution is 2.23. The summed E-state index contributed by atoms with van der Waals surface area (Å²) >= 11 is 0. The van der Waals surface area contributed by atoms with E-state index in [1.807, 2.05) is 0 Å². The lowest BCUT2D eigenvalue weighted by Crippen LogP contribution is -2.50. The molecule has 0 saturated carbocycles. The van der Waals surface area contributed by atoms with Crippen molar-refractivity contribution >= 4 is 5.91 Å². The highest BCUT2D eigenvalue weighted by molar-refractivity contribution is 5.79. The maximum Gasteiger partial charge on any atom is 0.226 e. The molecule has 0 aromatic rings. The summed E-state index contributed by atoms with van der Waals surface area (Å²) in [5, 5.41) is 0. The predicted molar refractivity (Wildman–Crippen MR) is 87.0 cm³/mol. The minimum Gasteiger partial charge on any atom is -0.342 e. The largest absolute Gasteiger partial charge is 0.342 e. The number of carbonyl (C=O) groups excluding carboxylic acids is 1.